The minimum absolute atomic E-state index is 0. The van der Waals surface area contributed by atoms with Crippen LogP contribution in [-0.2, 0) is 5.60 Å². The minimum atomic E-state index is -1.05. The van der Waals surface area contributed by atoms with Crippen molar-refractivity contribution in [3.63, 3.8) is 0 Å². The normalized spacial score (nSPS) is 20.6. The van der Waals surface area contributed by atoms with Gasteiger partial charge in [-0.05, 0) is 72.9 Å². The summed E-state index contributed by atoms with van der Waals surface area (Å²) in [6.07, 6.45) is 2.51. The number of hydrogen-bond acceptors (Lipinski definition) is 4. The highest BCUT2D eigenvalue weighted by Crippen LogP contribution is 2.27. The van der Waals surface area contributed by atoms with Gasteiger partial charge in [-0.1, -0.05) is 0 Å². The number of likely N-dealkylation sites (tertiary alicyclic amines) is 1. The Kier molecular flexibility index (Phi) is 10.3. The van der Waals surface area contributed by atoms with E-state index in [4.69, 9.17) is 4.42 Å². The van der Waals surface area contributed by atoms with Gasteiger partial charge in [-0.3, -0.25) is 0 Å². The standard InChI is InChI=1S/C21H38N4O2.HI/c1-7-22-20(23-12-18-9-8-10-25(13-18)15(2)3)24-14-21(6,26)19-11-16(4)27-17(19)5;/h11,15,18,26H,7-10,12-14H2,1-6H3,(H2,22,23,24);1H. The Hall–Kier alpha value is -0.800. The van der Waals surface area contributed by atoms with E-state index in [1.165, 1.54) is 19.4 Å². The number of aliphatic imine (C=N–C) groups is 1. The third-order valence-electron chi connectivity index (χ3n) is 5.35. The van der Waals surface area contributed by atoms with Crippen molar-refractivity contribution in [2.24, 2.45) is 10.9 Å². The third-order valence-corrected chi connectivity index (χ3v) is 5.35. The van der Waals surface area contributed by atoms with Crippen LogP contribution in [0.3, 0.4) is 0 Å². The zero-order chi connectivity index (χ0) is 20.0. The first-order valence-corrected chi connectivity index (χ1v) is 10.3. The van der Waals surface area contributed by atoms with Crippen molar-refractivity contribution in [1.29, 1.82) is 0 Å². The summed E-state index contributed by atoms with van der Waals surface area (Å²) in [6.45, 7) is 16.5. The lowest BCUT2D eigenvalue weighted by atomic mass is 9.96. The lowest BCUT2D eigenvalue weighted by Gasteiger charge is -2.35. The Morgan fingerprint density at radius 1 is 1.39 bits per heavy atom. The first kappa shape index (κ1) is 25.2. The van der Waals surface area contributed by atoms with Crippen LogP contribution in [0.1, 0.15) is 57.6 Å². The topological polar surface area (TPSA) is 73.0 Å². The van der Waals surface area contributed by atoms with Gasteiger partial charge in [-0.15, -0.1) is 24.0 Å². The van der Waals surface area contributed by atoms with E-state index >= 15 is 0 Å². The van der Waals surface area contributed by atoms with Gasteiger partial charge in [0.2, 0.25) is 0 Å². The number of guanidine groups is 1. The Bertz CT molecular complexity index is 628. The molecule has 3 N–H and O–H groups in total. The Morgan fingerprint density at radius 2 is 2.11 bits per heavy atom. The fourth-order valence-electron chi connectivity index (χ4n) is 3.80. The molecule has 2 unspecified atom stereocenters. The number of hydrogen-bond donors (Lipinski definition) is 3. The zero-order valence-electron chi connectivity index (χ0n) is 18.3. The Morgan fingerprint density at radius 3 is 2.68 bits per heavy atom. The van der Waals surface area contributed by atoms with E-state index in [1.807, 2.05) is 19.9 Å². The predicted octanol–water partition coefficient (Wildman–Crippen LogP) is 3.40. The SMILES string of the molecule is CCNC(=NCC(C)(O)c1cc(C)oc1C)NCC1CCCN(C(C)C)C1.I. The van der Waals surface area contributed by atoms with Crippen LogP contribution < -0.4 is 10.6 Å². The Balaban J connectivity index is 0.00000392. The molecule has 0 aromatic carbocycles. The van der Waals surface area contributed by atoms with Crippen LogP contribution >= 0.6 is 24.0 Å². The molecule has 7 heteroatoms. The summed E-state index contributed by atoms with van der Waals surface area (Å²) < 4.78 is 5.57. The molecule has 0 aliphatic carbocycles. The molecule has 0 amide bonds. The molecule has 1 fully saturated rings. The van der Waals surface area contributed by atoms with E-state index in [9.17, 15) is 5.11 Å². The molecule has 1 aliphatic heterocycles. The van der Waals surface area contributed by atoms with E-state index in [2.05, 4.69) is 41.3 Å². The van der Waals surface area contributed by atoms with Crippen molar-refractivity contribution in [3.8, 4) is 0 Å². The second kappa shape index (κ2) is 11.4. The van der Waals surface area contributed by atoms with E-state index in [-0.39, 0.29) is 30.5 Å². The van der Waals surface area contributed by atoms with Crippen LogP contribution in [0.5, 0.6) is 0 Å². The van der Waals surface area contributed by atoms with Gasteiger partial charge in [0.25, 0.3) is 0 Å². The summed E-state index contributed by atoms with van der Waals surface area (Å²) >= 11 is 0. The van der Waals surface area contributed by atoms with E-state index in [1.54, 1.807) is 6.92 Å². The summed E-state index contributed by atoms with van der Waals surface area (Å²) in [6, 6.07) is 2.50. The molecule has 2 heterocycles. The third kappa shape index (κ3) is 7.22. The second-order valence-corrected chi connectivity index (χ2v) is 8.27. The number of piperidine rings is 1. The van der Waals surface area contributed by atoms with Crippen LogP contribution in [0.2, 0.25) is 0 Å². The summed E-state index contributed by atoms with van der Waals surface area (Å²) in [5.41, 5.74) is -0.247. The fourth-order valence-corrected chi connectivity index (χ4v) is 3.80. The number of nitrogens with zero attached hydrogens (tertiary/aromatic N) is 2. The van der Waals surface area contributed by atoms with Gasteiger partial charge in [-0.25, -0.2) is 4.99 Å². The first-order valence-electron chi connectivity index (χ1n) is 10.3. The van der Waals surface area contributed by atoms with E-state index in [0.29, 0.717) is 12.0 Å². The van der Waals surface area contributed by atoms with Crippen molar-refractivity contribution in [1.82, 2.24) is 15.5 Å². The van der Waals surface area contributed by atoms with Crippen LogP contribution in [0.4, 0.5) is 0 Å². The number of aryl methyl sites for hydroxylation is 2. The molecule has 0 radical (unpaired) electrons. The Labute approximate surface area is 187 Å². The van der Waals surface area contributed by atoms with Crippen molar-refractivity contribution in [2.45, 2.75) is 66.0 Å². The highest BCUT2D eigenvalue weighted by atomic mass is 127. The average molecular weight is 506 g/mol. The lowest BCUT2D eigenvalue weighted by Crippen LogP contribution is -2.46. The van der Waals surface area contributed by atoms with Crippen LogP contribution in [-0.4, -0.2) is 54.7 Å². The van der Waals surface area contributed by atoms with Crippen molar-refractivity contribution in [3.05, 3.63) is 23.2 Å². The maximum Gasteiger partial charge on any atom is 0.191 e. The molecule has 28 heavy (non-hydrogen) atoms. The van der Waals surface area contributed by atoms with Gasteiger partial charge >= 0.3 is 0 Å². The molecule has 0 spiro atoms. The van der Waals surface area contributed by atoms with Gasteiger partial charge in [0.1, 0.15) is 17.1 Å². The van der Waals surface area contributed by atoms with Gasteiger partial charge in [0, 0.05) is 31.2 Å². The van der Waals surface area contributed by atoms with Gasteiger partial charge in [-0.2, -0.15) is 0 Å². The average Bonchev–Trinajstić information content (AvgIpc) is 2.97. The molecule has 162 valence electrons. The minimum Gasteiger partial charge on any atom is -0.466 e. The summed E-state index contributed by atoms with van der Waals surface area (Å²) in [5, 5.41) is 17.6. The maximum absolute atomic E-state index is 10.9. The molecule has 2 atom stereocenters. The quantitative estimate of drug-likeness (QED) is 0.301. The van der Waals surface area contributed by atoms with E-state index in [0.717, 1.165) is 42.7 Å². The van der Waals surface area contributed by atoms with Crippen molar-refractivity contribution < 1.29 is 9.52 Å². The van der Waals surface area contributed by atoms with Crippen molar-refractivity contribution >= 4 is 29.9 Å². The molecule has 1 aromatic heterocycles. The summed E-state index contributed by atoms with van der Waals surface area (Å²) in [4.78, 5) is 7.19. The van der Waals surface area contributed by atoms with Gasteiger partial charge < -0.3 is 25.1 Å². The van der Waals surface area contributed by atoms with Crippen molar-refractivity contribution in [2.75, 3.05) is 32.7 Å². The predicted molar refractivity (Wildman–Crippen MR) is 127 cm³/mol. The monoisotopic (exact) mass is 506 g/mol. The maximum atomic E-state index is 10.9. The highest BCUT2D eigenvalue weighted by molar-refractivity contribution is 14.0. The lowest BCUT2D eigenvalue weighted by molar-refractivity contribution is 0.0656. The molecule has 0 bridgehead atoms. The molecule has 0 saturated carbocycles. The number of nitrogens with one attached hydrogen (secondary N) is 2. The number of furan rings is 1. The number of aliphatic hydroxyl groups is 1. The highest BCUT2D eigenvalue weighted by Gasteiger charge is 2.28. The second-order valence-electron chi connectivity index (χ2n) is 8.27. The van der Waals surface area contributed by atoms with Crippen LogP contribution in [0.15, 0.2) is 15.5 Å². The molecule has 1 aromatic rings. The smallest absolute Gasteiger partial charge is 0.191 e. The number of halogens is 1. The molecule has 1 aliphatic rings. The summed E-state index contributed by atoms with van der Waals surface area (Å²) in [5.74, 6) is 2.95. The molecule has 2 rings (SSSR count). The molecule has 1 saturated heterocycles. The zero-order valence-corrected chi connectivity index (χ0v) is 20.7. The molecular weight excluding hydrogens is 467 g/mol. The summed E-state index contributed by atoms with van der Waals surface area (Å²) in [7, 11) is 0. The van der Waals surface area contributed by atoms with Gasteiger partial charge in [0.05, 0.1) is 6.54 Å². The van der Waals surface area contributed by atoms with Crippen LogP contribution in [0.25, 0.3) is 0 Å². The van der Waals surface area contributed by atoms with Crippen LogP contribution in [0, 0.1) is 19.8 Å². The molecule has 6 nitrogen and oxygen atoms in total. The first-order chi connectivity index (χ1) is 12.7. The van der Waals surface area contributed by atoms with Gasteiger partial charge in [0.15, 0.2) is 5.96 Å². The van der Waals surface area contributed by atoms with E-state index < -0.39 is 5.60 Å². The fraction of sp³-hybridized carbons (Fsp3) is 0.762. The number of rotatable bonds is 7. The molecular formula is C21H39IN4O2. The largest absolute Gasteiger partial charge is 0.466 e.